The second-order valence-corrected chi connectivity index (χ2v) is 6.68. The zero-order chi connectivity index (χ0) is 20.4. The van der Waals surface area contributed by atoms with Gasteiger partial charge in [0.1, 0.15) is 24.7 Å². The number of carbonyl (C=O) groups is 4. The van der Waals surface area contributed by atoms with E-state index in [-0.39, 0.29) is 18.1 Å². The van der Waals surface area contributed by atoms with Crippen molar-refractivity contribution < 1.29 is 29.4 Å². The van der Waals surface area contributed by atoms with Gasteiger partial charge in [0.05, 0.1) is 6.10 Å². The maximum absolute atomic E-state index is 12.4. The van der Waals surface area contributed by atoms with E-state index in [4.69, 9.17) is 10.8 Å². The average molecular weight is 392 g/mol. The van der Waals surface area contributed by atoms with Gasteiger partial charge in [0.2, 0.25) is 17.7 Å². The molecule has 0 aromatic rings. The molecule has 0 saturated heterocycles. The van der Waals surface area contributed by atoms with E-state index >= 15 is 0 Å². The molecular formula is C15H28N4O6S. The summed E-state index contributed by atoms with van der Waals surface area (Å²) in [5.41, 5.74) is 5.51. The van der Waals surface area contributed by atoms with Crippen LogP contribution in [0.2, 0.25) is 0 Å². The highest BCUT2D eigenvalue weighted by molar-refractivity contribution is 7.80. The van der Waals surface area contributed by atoms with E-state index in [9.17, 15) is 24.3 Å². The normalized spacial score (nSPS) is 15.5. The minimum absolute atomic E-state index is 0.0450. The smallest absolute Gasteiger partial charge is 0.322 e. The molecule has 0 spiro atoms. The van der Waals surface area contributed by atoms with Gasteiger partial charge >= 0.3 is 5.97 Å². The highest BCUT2D eigenvalue weighted by Gasteiger charge is 2.28. The Balaban J connectivity index is 4.99. The van der Waals surface area contributed by atoms with Crippen LogP contribution < -0.4 is 21.7 Å². The monoisotopic (exact) mass is 392 g/mol. The summed E-state index contributed by atoms with van der Waals surface area (Å²) in [4.78, 5) is 46.9. The summed E-state index contributed by atoms with van der Waals surface area (Å²) in [6.45, 7) is 4.44. The Hall–Kier alpha value is -1.85. The van der Waals surface area contributed by atoms with Gasteiger partial charge in [0.15, 0.2) is 0 Å². The average Bonchev–Trinajstić information content (AvgIpc) is 2.54. The number of aliphatic hydroxyl groups is 1. The number of carboxylic acids is 1. The van der Waals surface area contributed by atoms with E-state index in [0.29, 0.717) is 0 Å². The van der Waals surface area contributed by atoms with Crippen molar-refractivity contribution in [2.75, 3.05) is 12.3 Å². The van der Waals surface area contributed by atoms with E-state index in [1.54, 1.807) is 0 Å². The van der Waals surface area contributed by atoms with Crippen molar-refractivity contribution in [3.8, 4) is 0 Å². The maximum Gasteiger partial charge on any atom is 0.322 e. The summed E-state index contributed by atoms with van der Waals surface area (Å²) >= 11 is 4.00. The summed E-state index contributed by atoms with van der Waals surface area (Å²) in [6.07, 6.45) is -0.827. The van der Waals surface area contributed by atoms with Gasteiger partial charge < -0.3 is 31.9 Å². The standard InChI is InChI=1S/C15H28N4O6S/c1-7(2)4-9(13(23)17-5-11(21)22)18-14(24)10(6-26)19-15(25)12(16)8(3)20/h7-10,12,20,26H,4-6,16H2,1-3H3,(H,17,23)(H,18,24)(H,19,25)(H,21,22). The molecule has 3 amide bonds. The first-order chi connectivity index (χ1) is 12.0. The summed E-state index contributed by atoms with van der Waals surface area (Å²) < 4.78 is 0. The molecule has 0 aromatic heterocycles. The van der Waals surface area contributed by atoms with Gasteiger partial charge in [-0.1, -0.05) is 13.8 Å². The molecular weight excluding hydrogens is 364 g/mol. The fraction of sp³-hybridized carbons (Fsp3) is 0.733. The van der Waals surface area contributed by atoms with Crippen molar-refractivity contribution >= 4 is 36.3 Å². The van der Waals surface area contributed by atoms with Gasteiger partial charge in [-0.3, -0.25) is 19.2 Å². The minimum atomic E-state index is -1.21. The van der Waals surface area contributed by atoms with Gasteiger partial charge in [-0.2, -0.15) is 12.6 Å². The summed E-state index contributed by atoms with van der Waals surface area (Å²) in [6, 6.07) is -3.25. The second-order valence-electron chi connectivity index (χ2n) is 6.31. The lowest BCUT2D eigenvalue weighted by molar-refractivity contribution is -0.138. The highest BCUT2D eigenvalue weighted by atomic mass is 32.1. The fourth-order valence-corrected chi connectivity index (χ4v) is 2.20. The van der Waals surface area contributed by atoms with Gasteiger partial charge in [-0.15, -0.1) is 0 Å². The van der Waals surface area contributed by atoms with Crippen molar-refractivity contribution in [3.05, 3.63) is 0 Å². The van der Waals surface area contributed by atoms with E-state index < -0.39 is 54.5 Å². The van der Waals surface area contributed by atoms with Crippen molar-refractivity contribution in [2.45, 2.75) is 51.4 Å². The molecule has 0 rings (SSSR count). The van der Waals surface area contributed by atoms with E-state index in [0.717, 1.165) is 0 Å². The van der Waals surface area contributed by atoms with Crippen LogP contribution in [0, 0.1) is 5.92 Å². The molecule has 10 nitrogen and oxygen atoms in total. The zero-order valence-corrected chi connectivity index (χ0v) is 16.0. The fourth-order valence-electron chi connectivity index (χ4n) is 1.94. The lowest BCUT2D eigenvalue weighted by Crippen LogP contribution is -2.58. The second kappa shape index (κ2) is 11.7. The molecule has 26 heavy (non-hydrogen) atoms. The first-order valence-corrected chi connectivity index (χ1v) is 8.77. The molecule has 0 aliphatic rings. The Kier molecular flexibility index (Phi) is 10.9. The summed E-state index contributed by atoms with van der Waals surface area (Å²) in [5, 5.41) is 25.0. The van der Waals surface area contributed by atoms with Crippen LogP contribution >= 0.6 is 12.6 Å². The van der Waals surface area contributed by atoms with Crippen LogP contribution in [0.25, 0.3) is 0 Å². The van der Waals surface area contributed by atoms with Gasteiger partial charge in [-0.25, -0.2) is 0 Å². The molecule has 0 radical (unpaired) electrons. The third kappa shape index (κ3) is 9.02. The zero-order valence-electron chi connectivity index (χ0n) is 15.1. The number of amides is 3. The van der Waals surface area contributed by atoms with E-state index in [1.165, 1.54) is 6.92 Å². The number of nitrogens with two attached hydrogens (primary N) is 1. The lowest BCUT2D eigenvalue weighted by Gasteiger charge is -2.24. The van der Waals surface area contributed by atoms with Crippen LogP contribution in [0.3, 0.4) is 0 Å². The number of aliphatic carboxylic acids is 1. The first-order valence-electron chi connectivity index (χ1n) is 8.14. The lowest BCUT2D eigenvalue weighted by atomic mass is 10.0. The predicted octanol–water partition coefficient (Wildman–Crippen LogP) is -2.16. The third-order valence-corrected chi connectivity index (χ3v) is 3.76. The number of nitrogens with one attached hydrogen (secondary N) is 3. The van der Waals surface area contributed by atoms with Gasteiger partial charge in [0.25, 0.3) is 0 Å². The number of hydrogen-bond acceptors (Lipinski definition) is 7. The van der Waals surface area contributed by atoms with Crippen molar-refractivity contribution in [2.24, 2.45) is 11.7 Å². The Bertz CT molecular complexity index is 514. The highest BCUT2D eigenvalue weighted by Crippen LogP contribution is 2.06. The third-order valence-electron chi connectivity index (χ3n) is 3.39. The molecule has 4 atom stereocenters. The molecule has 0 aliphatic heterocycles. The molecule has 0 heterocycles. The quantitative estimate of drug-likeness (QED) is 0.196. The predicted molar refractivity (Wildman–Crippen MR) is 97.5 cm³/mol. The number of rotatable bonds is 11. The molecule has 4 unspecified atom stereocenters. The van der Waals surface area contributed by atoms with Gasteiger partial charge in [0, 0.05) is 5.75 Å². The van der Waals surface area contributed by atoms with Crippen LogP contribution in [0.15, 0.2) is 0 Å². The van der Waals surface area contributed by atoms with Crippen LogP contribution in [0.5, 0.6) is 0 Å². The maximum atomic E-state index is 12.4. The van der Waals surface area contributed by atoms with E-state index in [1.807, 2.05) is 13.8 Å². The summed E-state index contributed by atoms with van der Waals surface area (Å²) in [7, 11) is 0. The Morgan fingerprint density at radius 3 is 1.96 bits per heavy atom. The molecule has 0 aliphatic carbocycles. The topological polar surface area (TPSA) is 171 Å². The van der Waals surface area contributed by atoms with Crippen LogP contribution in [0.4, 0.5) is 0 Å². The number of aliphatic hydroxyl groups excluding tert-OH is 1. The minimum Gasteiger partial charge on any atom is -0.480 e. The molecule has 0 bridgehead atoms. The Morgan fingerprint density at radius 1 is 1.00 bits per heavy atom. The largest absolute Gasteiger partial charge is 0.480 e. The first kappa shape index (κ1) is 24.1. The van der Waals surface area contributed by atoms with Crippen LogP contribution in [-0.4, -0.2) is 70.4 Å². The van der Waals surface area contributed by atoms with Crippen molar-refractivity contribution in [3.63, 3.8) is 0 Å². The molecule has 11 heteroatoms. The number of thiol groups is 1. The summed E-state index contributed by atoms with van der Waals surface area (Å²) in [5.74, 6) is -3.26. The number of carbonyl (C=O) groups excluding carboxylic acids is 3. The molecule has 7 N–H and O–H groups in total. The molecule has 0 fully saturated rings. The van der Waals surface area contributed by atoms with E-state index in [2.05, 4.69) is 28.6 Å². The van der Waals surface area contributed by atoms with Crippen molar-refractivity contribution in [1.29, 1.82) is 0 Å². The Morgan fingerprint density at radius 2 is 1.54 bits per heavy atom. The number of carboxylic acid groups (broad SMARTS) is 1. The molecule has 0 saturated carbocycles. The van der Waals surface area contributed by atoms with Crippen LogP contribution in [0.1, 0.15) is 27.2 Å². The SMILES string of the molecule is CC(C)CC(NC(=O)C(CS)NC(=O)C(N)C(C)O)C(=O)NCC(=O)O. The van der Waals surface area contributed by atoms with Crippen LogP contribution in [-0.2, 0) is 19.2 Å². The van der Waals surface area contributed by atoms with Gasteiger partial charge in [-0.05, 0) is 19.3 Å². The Labute approximate surface area is 157 Å². The molecule has 0 aromatic carbocycles. The van der Waals surface area contributed by atoms with Crippen molar-refractivity contribution in [1.82, 2.24) is 16.0 Å². The molecule has 150 valence electrons. The number of hydrogen-bond donors (Lipinski definition) is 7.